The molecule has 0 bridgehead atoms. The Balaban J connectivity index is 1.93. The molecule has 1 fully saturated rings. The topological polar surface area (TPSA) is 85.3 Å². The summed E-state index contributed by atoms with van der Waals surface area (Å²) in [4.78, 5) is 28.2. The van der Waals surface area contributed by atoms with Crippen LogP contribution in [0.3, 0.4) is 0 Å². The summed E-state index contributed by atoms with van der Waals surface area (Å²) in [6.07, 6.45) is -0.0600. The van der Waals surface area contributed by atoms with E-state index >= 15 is 0 Å². The van der Waals surface area contributed by atoms with Gasteiger partial charge < -0.3 is 19.3 Å². The lowest BCUT2D eigenvalue weighted by atomic mass is 9.93. The molecule has 1 aliphatic rings. The standard InChI is InChI=1S/C29H29NO6/c1-17(2)36-23-8-6-7-19(16-23)26-25(27(31)24-14-13-22(35-5)15-18(24)3)28(32)29(33)30(26)20-9-11-21(34-4)12-10-20/h6-17,26,31H,1-5H3/b27-25+. The Labute approximate surface area is 210 Å². The number of aliphatic hydroxyl groups excluding tert-OH is 1. The van der Waals surface area contributed by atoms with Gasteiger partial charge in [0, 0.05) is 11.3 Å². The number of amides is 1. The molecule has 0 radical (unpaired) electrons. The normalized spacial score (nSPS) is 16.9. The van der Waals surface area contributed by atoms with Crippen molar-refractivity contribution in [2.45, 2.75) is 32.9 Å². The number of ketones is 1. The Bertz CT molecular complexity index is 1330. The zero-order chi connectivity index (χ0) is 26.0. The molecule has 3 aromatic carbocycles. The van der Waals surface area contributed by atoms with Gasteiger partial charge in [-0.05, 0) is 86.5 Å². The average molecular weight is 488 g/mol. The molecular weight excluding hydrogens is 458 g/mol. The predicted octanol–water partition coefficient (Wildman–Crippen LogP) is 5.43. The van der Waals surface area contributed by atoms with E-state index in [2.05, 4.69) is 0 Å². The first-order chi connectivity index (χ1) is 17.2. The van der Waals surface area contributed by atoms with E-state index in [1.54, 1.807) is 68.8 Å². The van der Waals surface area contributed by atoms with Gasteiger partial charge in [0.25, 0.3) is 11.7 Å². The summed E-state index contributed by atoms with van der Waals surface area (Å²) in [7, 11) is 3.11. The van der Waals surface area contributed by atoms with E-state index in [1.165, 1.54) is 4.90 Å². The lowest BCUT2D eigenvalue weighted by Crippen LogP contribution is -2.29. The summed E-state index contributed by atoms with van der Waals surface area (Å²) in [5.74, 6) is 0.103. The summed E-state index contributed by atoms with van der Waals surface area (Å²) >= 11 is 0. The molecule has 186 valence electrons. The van der Waals surface area contributed by atoms with Gasteiger partial charge in [0.05, 0.1) is 31.9 Å². The van der Waals surface area contributed by atoms with Crippen molar-refractivity contribution in [1.29, 1.82) is 0 Å². The van der Waals surface area contributed by atoms with Crippen molar-refractivity contribution in [2.24, 2.45) is 0 Å². The fourth-order valence-electron chi connectivity index (χ4n) is 4.36. The quantitative estimate of drug-likeness (QED) is 0.272. The maximum atomic E-state index is 13.4. The second-order valence-corrected chi connectivity index (χ2v) is 8.79. The van der Waals surface area contributed by atoms with Crippen LogP contribution in [0.25, 0.3) is 5.76 Å². The molecule has 0 spiro atoms. The molecule has 0 saturated carbocycles. The first-order valence-corrected chi connectivity index (χ1v) is 11.6. The van der Waals surface area contributed by atoms with E-state index in [9.17, 15) is 14.7 Å². The van der Waals surface area contributed by atoms with Gasteiger partial charge in [0.2, 0.25) is 0 Å². The highest BCUT2D eigenvalue weighted by molar-refractivity contribution is 6.51. The van der Waals surface area contributed by atoms with Gasteiger partial charge in [-0.25, -0.2) is 0 Å². The van der Waals surface area contributed by atoms with Crippen LogP contribution in [0, 0.1) is 6.92 Å². The van der Waals surface area contributed by atoms with Crippen LogP contribution in [0.1, 0.15) is 36.6 Å². The second kappa shape index (κ2) is 10.2. The molecule has 7 nitrogen and oxygen atoms in total. The molecule has 7 heteroatoms. The number of rotatable bonds is 7. The van der Waals surface area contributed by atoms with Crippen LogP contribution in [0.5, 0.6) is 17.2 Å². The van der Waals surface area contributed by atoms with Crippen molar-refractivity contribution in [3.05, 3.63) is 89.0 Å². The van der Waals surface area contributed by atoms with Gasteiger partial charge in [-0.2, -0.15) is 0 Å². The molecule has 0 aliphatic carbocycles. The Morgan fingerprint density at radius 3 is 2.17 bits per heavy atom. The largest absolute Gasteiger partial charge is 0.507 e. The number of aryl methyl sites for hydroxylation is 1. The van der Waals surface area contributed by atoms with E-state index in [1.807, 2.05) is 32.9 Å². The number of nitrogens with zero attached hydrogens (tertiary/aromatic N) is 1. The van der Waals surface area contributed by atoms with Crippen LogP contribution in [0.4, 0.5) is 5.69 Å². The molecule has 3 aromatic rings. The van der Waals surface area contributed by atoms with Crippen LogP contribution < -0.4 is 19.1 Å². The smallest absolute Gasteiger partial charge is 0.300 e. The van der Waals surface area contributed by atoms with Crippen molar-refractivity contribution >= 4 is 23.1 Å². The third-order valence-corrected chi connectivity index (χ3v) is 6.03. The highest BCUT2D eigenvalue weighted by atomic mass is 16.5. The number of carbonyl (C=O) groups excluding carboxylic acids is 2. The summed E-state index contributed by atoms with van der Waals surface area (Å²) in [5.41, 5.74) is 2.30. The van der Waals surface area contributed by atoms with E-state index in [0.29, 0.717) is 39.6 Å². The molecule has 1 unspecified atom stereocenters. The minimum atomic E-state index is -0.865. The lowest BCUT2D eigenvalue weighted by molar-refractivity contribution is -0.132. The molecule has 4 rings (SSSR count). The first kappa shape index (κ1) is 24.9. The number of carbonyl (C=O) groups is 2. The predicted molar refractivity (Wildman–Crippen MR) is 138 cm³/mol. The van der Waals surface area contributed by atoms with Gasteiger partial charge in [-0.3, -0.25) is 14.5 Å². The Kier molecular flexibility index (Phi) is 7.01. The maximum absolute atomic E-state index is 13.4. The highest BCUT2D eigenvalue weighted by Crippen LogP contribution is 2.43. The minimum Gasteiger partial charge on any atom is -0.507 e. The van der Waals surface area contributed by atoms with Gasteiger partial charge in [-0.15, -0.1) is 0 Å². The highest BCUT2D eigenvalue weighted by Gasteiger charge is 2.47. The van der Waals surface area contributed by atoms with Crippen LogP contribution in [-0.2, 0) is 9.59 Å². The fourth-order valence-corrected chi connectivity index (χ4v) is 4.36. The zero-order valence-corrected chi connectivity index (χ0v) is 20.9. The number of Topliss-reactive ketones (excluding diaryl/α,β-unsaturated/α-hetero) is 1. The summed E-state index contributed by atoms with van der Waals surface area (Å²) in [6, 6.07) is 18.4. The summed E-state index contributed by atoms with van der Waals surface area (Å²) in [5, 5.41) is 11.4. The Hall–Kier alpha value is -4.26. The molecule has 0 aromatic heterocycles. The average Bonchev–Trinajstić information content (AvgIpc) is 3.13. The van der Waals surface area contributed by atoms with Crippen molar-refractivity contribution in [2.75, 3.05) is 19.1 Å². The minimum absolute atomic E-state index is 0.00535. The maximum Gasteiger partial charge on any atom is 0.300 e. The third kappa shape index (κ3) is 4.64. The number of hydrogen-bond donors (Lipinski definition) is 1. The van der Waals surface area contributed by atoms with Gasteiger partial charge in [-0.1, -0.05) is 12.1 Å². The molecule has 1 heterocycles. The summed E-state index contributed by atoms with van der Waals surface area (Å²) < 4.78 is 16.4. The molecule has 36 heavy (non-hydrogen) atoms. The Morgan fingerprint density at radius 1 is 0.889 bits per heavy atom. The molecule has 1 aliphatic heterocycles. The zero-order valence-electron chi connectivity index (χ0n) is 20.9. The molecule has 1 atom stereocenters. The van der Waals surface area contributed by atoms with Crippen LogP contribution in [0.15, 0.2) is 72.3 Å². The van der Waals surface area contributed by atoms with Crippen molar-refractivity contribution in [3.8, 4) is 17.2 Å². The van der Waals surface area contributed by atoms with E-state index < -0.39 is 17.7 Å². The van der Waals surface area contributed by atoms with Gasteiger partial charge in [0.1, 0.15) is 23.0 Å². The van der Waals surface area contributed by atoms with Gasteiger partial charge >= 0.3 is 0 Å². The van der Waals surface area contributed by atoms with Crippen LogP contribution in [-0.4, -0.2) is 37.1 Å². The number of hydrogen-bond acceptors (Lipinski definition) is 6. The number of benzene rings is 3. The van der Waals surface area contributed by atoms with Crippen molar-refractivity contribution < 1.29 is 28.9 Å². The van der Waals surface area contributed by atoms with E-state index in [0.717, 1.165) is 0 Å². The fraction of sp³-hybridized carbons (Fsp3) is 0.241. The van der Waals surface area contributed by atoms with Crippen LogP contribution in [0.2, 0.25) is 0 Å². The molecule has 1 amide bonds. The second-order valence-electron chi connectivity index (χ2n) is 8.79. The van der Waals surface area contributed by atoms with Crippen molar-refractivity contribution in [3.63, 3.8) is 0 Å². The number of ether oxygens (including phenoxy) is 3. The SMILES string of the molecule is COc1ccc(N2C(=O)C(=O)/C(=C(/O)c3ccc(OC)cc3C)C2c2cccc(OC(C)C)c2)cc1. The number of aliphatic hydroxyl groups is 1. The molecule has 1 N–H and O–H groups in total. The summed E-state index contributed by atoms with van der Waals surface area (Å²) in [6.45, 7) is 5.65. The third-order valence-electron chi connectivity index (χ3n) is 6.03. The number of anilines is 1. The van der Waals surface area contributed by atoms with Crippen molar-refractivity contribution in [1.82, 2.24) is 0 Å². The van der Waals surface area contributed by atoms with E-state index in [4.69, 9.17) is 14.2 Å². The lowest BCUT2D eigenvalue weighted by Gasteiger charge is -2.26. The number of methoxy groups -OCH3 is 2. The first-order valence-electron chi connectivity index (χ1n) is 11.6. The monoisotopic (exact) mass is 487 g/mol. The van der Waals surface area contributed by atoms with E-state index in [-0.39, 0.29) is 17.4 Å². The molecular formula is C29H29NO6. The van der Waals surface area contributed by atoms with Crippen LogP contribution >= 0.6 is 0 Å². The van der Waals surface area contributed by atoms with Gasteiger partial charge in [0.15, 0.2) is 0 Å². The Morgan fingerprint density at radius 2 is 1.56 bits per heavy atom. The molecule has 1 saturated heterocycles.